The summed E-state index contributed by atoms with van der Waals surface area (Å²) in [5.41, 5.74) is -2.54. The zero-order valence-corrected chi connectivity index (χ0v) is 31.8. The molecule has 0 saturated carbocycles. The van der Waals surface area contributed by atoms with Gasteiger partial charge in [-0.05, 0) is 129 Å². The van der Waals surface area contributed by atoms with Crippen molar-refractivity contribution in [3.8, 4) is 0 Å². The lowest BCUT2D eigenvalue weighted by molar-refractivity contribution is 0.00545. The van der Waals surface area contributed by atoms with Crippen molar-refractivity contribution in [1.82, 2.24) is 19.6 Å². The van der Waals surface area contributed by atoms with Crippen LogP contribution in [-0.2, 0) is 18.9 Å². The van der Waals surface area contributed by atoms with Gasteiger partial charge in [0.1, 0.15) is 22.4 Å². The molecule has 1 aliphatic rings. The van der Waals surface area contributed by atoms with Crippen molar-refractivity contribution < 1.29 is 38.1 Å². The number of amides is 4. The lowest BCUT2D eigenvalue weighted by Crippen LogP contribution is -2.48. The minimum Gasteiger partial charge on any atom is -0.444 e. The third-order valence-corrected chi connectivity index (χ3v) is 7.04. The Morgan fingerprint density at radius 1 is 0.574 bits per heavy atom. The largest absolute Gasteiger partial charge is 0.444 e. The van der Waals surface area contributed by atoms with Gasteiger partial charge in [-0.1, -0.05) is 0 Å². The molecule has 1 aliphatic heterocycles. The maximum atomic E-state index is 13.3. The number of rotatable bonds is 12. The molecule has 0 spiro atoms. The molecule has 0 aliphatic carbocycles. The first kappa shape index (κ1) is 42.1. The molecule has 1 fully saturated rings. The van der Waals surface area contributed by atoms with Crippen LogP contribution in [0.4, 0.5) is 19.2 Å². The maximum absolute atomic E-state index is 13.3. The number of carbonyl (C=O) groups excluding carboxylic acids is 4. The molecule has 1 unspecified atom stereocenters. The van der Waals surface area contributed by atoms with Crippen molar-refractivity contribution in [3.05, 3.63) is 0 Å². The second-order valence-electron chi connectivity index (χ2n) is 16.3. The Balaban J connectivity index is 2.99. The van der Waals surface area contributed by atoms with E-state index in [1.807, 2.05) is 90.0 Å². The quantitative estimate of drug-likeness (QED) is 0.194. The monoisotopic (exact) mass is 670 g/mol. The van der Waals surface area contributed by atoms with E-state index >= 15 is 0 Å². The average molecular weight is 671 g/mol. The molecule has 274 valence electrons. The van der Waals surface area contributed by atoms with Gasteiger partial charge in [-0.2, -0.15) is 0 Å². The number of carbonyl (C=O) groups is 4. The lowest BCUT2D eigenvalue weighted by Gasteiger charge is -2.38. The van der Waals surface area contributed by atoms with Crippen molar-refractivity contribution in [3.63, 3.8) is 0 Å². The predicted octanol–water partition coefficient (Wildman–Crippen LogP) is 7.68. The van der Waals surface area contributed by atoms with E-state index in [1.54, 1.807) is 19.6 Å². The Morgan fingerprint density at radius 2 is 0.957 bits per heavy atom. The van der Waals surface area contributed by atoms with Crippen LogP contribution in [0.3, 0.4) is 0 Å². The Labute approximate surface area is 284 Å². The molecular formula is C35H66N4O8. The molecule has 12 heteroatoms. The number of nitrogens with zero attached hydrogens (tertiary/aromatic N) is 4. The molecule has 1 saturated heterocycles. The molecular weight excluding hydrogens is 604 g/mol. The smallest absolute Gasteiger partial charge is 0.410 e. The standard InChI is InChI=1S/C35H66N4O8/c1-14-36(28(40)44-32(2,3)4)21-17-22-37(29(41)45-33(5,6)7)23-18-24-38(30(42)46-34(8,9)10)26-20-27-19-15-16-25-39(27)31(43)47-35(11,12)13/h27H,14-26H2,1-13H3. The normalized spacial score (nSPS) is 15.9. The van der Waals surface area contributed by atoms with Crippen molar-refractivity contribution in [2.75, 3.05) is 45.8 Å². The van der Waals surface area contributed by atoms with Gasteiger partial charge in [0.2, 0.25) is 0 Å². The first-order chi connectivity index (χ1) is 21.4. The number of hydrogen-bond donors (Lipinski definition) is 0. The first-order valence-corrected chi connectivity index (χ1v) is 17.3. The fraction of sp³-hybridized carbons (Fsp3) is 0.886. The van der Waals surface area contributed by atoms with Crippen LogP contribution in [0.1, 0.15) is 129 Å². The average Bonchev–Trinajstić information content (AvgIpc) is 2.87. The highest BCUT2D eigenvalue weighted by Gasteiger charge is 2.32. The predicted molar refractivity (Wildman–Crippen MR) is 184 cm³/mol. The molecule has 0 radical (unpaired) electrons. The van der Waals surface area contributed by atoms with E-state index in [0.717, 1.165) is 19.3 Å². The number of ether oxygens (including phenoxy) is 4. The number of hydrogen-bond acceptors (Lipinski definition) is 8. The van der Waals surface area contributed by atoms with Gasteiger partial charge in [0.05, 0.1) is 0 Å². The Bertz CT molecular complexity index is 1010. The van der Waals surface area contributed by atoms with Gasteiger partial charge in [-0.3, -0.25) is 0 Å². The highest BCUT2D eigenvalue weighted by Crippen LogP contribution is 2.24. The van der Waals surface area contributed by atoms with Gasteiger partial charge in [0, 0.05) is 51.9 Å². The highest BCUT2D eigenvalue weighted by molar-refractivity contribution is 5.70. The molecule has 1 rings (SSSR count). The lowest BCUT2D eigenvalue weighted by atomic mass is 9.99. The fourth-order valence-electron chi connectivity index (χ4n) is 5.02. The molecule has 0 aromatic carbocycles. The Morgan fingerprint density at radius 3 is 1.36 bits per heavy atom. The van der Waals surface area contributed by atoms with E-state index in [0.29, 0.717) is 65.1 Å². The van der Waals surface area contributed by atoms with E-state index in [1.165, 1.54) is 0 Å². The molecule has 0 N–H and O–H groups in total. The molecule has 0 aromatic rings. The minimum absolute atomic E-state index is 0.0479. The summed E-state index contributed by atoms with van der Waals surface area (Å²) in [4.78, 5) is 58.8. The van der Waals surface area contributed by atoms with Crippen LogP contribution < -0.4 is 0 Å². The van der Waals surface area contributed by atoms with Crippen LogP contribution in [0.25, 0.3) is 0 Å². The minimum atomic E-state index is -0.677. The summed E-state index contributed by atoms with van der Waals surface area (Å²) < 4.78 is 22.6. The SMILES string of the molecule is CCN(CCCN(CCCN(CCC1CCCCN1C(=O)OC(C)(C)C)C(=O)OC(C)(C)C)C(=O)OC(C)(C)C)C(=O)OC(C)(C)C. The fourth-order valence-corrected chi connectivity index (χ4v) is 5.02. The third kappa shape index (κ3) is 18.3. The van der Waals surface area contributed by atoms with Gasteiger partial charge in [-0.15, -0.1) is 0 Å². The van der Waals surface area contributed by atoms with Gasteiger partial charge >= 0.3 is 24.4 Å². The second kappa shape index (κ2) is 18.0. The van der Waals surface area contributed by atoms with Crippen molar-refractivity contribution in [2.24, 2.45) is 0 Å². The summed E-state index contributed by atoms with van der Waals surface area (Å²) in [6.07, 6.45) is 2.77. The van der Waals surface area contributed by atoms with Crippen molar-refractivity contribution >= 4 is 24.4 Å². The summed E-state index contributed by atoms with van der Waals surface area (Å²) >= 11 is 0. The van der Waals surface area contributed by atoms with Crippen LogP contribution in [0.15, 0.2) is 0 Å². The summed E-state index contributed by atoms with van der Waals surface area (Å²) in [6.45, 7) is 26.9. The van der Waals surface area contributed by atoms with E-state index in [2.05, 4.69) is 0 Å². The molecule has 47 heavy (non-hydrogen) atoms. The van der Waals surface area contributed by atoms with Gasteiger partial charge < -0.3 is 38.5 Å². The number of likely N-dealkylation sites (tertiary alicyclic amines) is 1. The maximum Gasteiger partial charge on any atom is 0.410 e. The zero-order valence-electron chi connectivity index (χ0n) is 31.8. The number of piperidine rings is 1. The molecule has 12 nitrogen and oxygen atoms in total. The van der Waals surface area contributed by atoms with E-state index in [9.17, 15) is 19.2 Å². The van der Waals surface area contributed by atoms with Crippen LogP contribution >= 0.6 is 0 Å². The summed E-state index contributed by atoms with van der Waals surface area (Å²) in [5, 5.41) is 0. The molecule has 1 heterocycles. The summed E-state index contributed by atoms with van der Waals surface area (Å²) in [5.74, 6) is 0. The van der Waals surface area contributed by atoms with Crippen LogP contribution in [0.2, 0.25) is 0 Å². The summed E-state index contributed by atoms with van der Waals surface area (Å²) in [7, 11) is 0. The van der Waals surface area contributed by atoms with Gasteiger partial charge in [0.15, 0.2) is 0 Å². The zero-order chi connectivity index (χ0) is 36.2. The van der Waals surface area contributed by atoms with E-state index in [4.69, 9.17) is 18.9 Å². The van der Waals surface area contributed by atoms with Crippen LogP contribution in [0, 0.1) is 0 Å². The Kier molecular flexibility index (Phi) is 16.1. The van der Waals surface area contributed by atoms with E-state index < -0.39 is 34.6 Å². The molecule has 4 amide bonds. The third-order valence-electron chi connectivity index (χ3n) is 7.04. The molecule has 0 aromatic heterocycles. The van der Waals surface area contributed by atoms with E-state index in [-0.39, 0.29) is 18.2 Å². The Hall–Kier alpha value is -2.92. The molecule has 1 atom stereocenters. The van der Waals surface area contributed by atoms with Crippen LogP contribution in [0.5, 0.6) is 0 Å². The second-order valence-corrected chi connectivity index (χ2v) is 16.3. The van der Waals surface area contributed by atoms with Gasteiger partial charge in [0.25, 0.3) is 0 Å². The van der Waals surface area contributed by atoms with Crippen molar-refractivity contribution in [1.29, 1.82) is 0 Å². The molecule has 0 bridgehead atoms. The van der Waals surface area contributed by atoms with Crippen molar-refractivity contribution in [2.45, 2.75) is 157 Å². The highest BCUT2D eigenvalue weighted by atomic mass is 16.6. The first-order valence-electron chi connectivity index (χ1n) is 17.3. The van der Waals surface area contributed by atoms with Gasteiger partial charge in [-0.25, -0.2) is 19.2 Å². The summed E-state index contributed by atoms with van der Waals surface area (Å²) in [6, 6.07) is -0.0479. The topological polar surface area (TPSA) is 118 Å². The van der Waals surface area contributed by atoms with Crippen LogP contribution in [-0.4, -0.2) is 118 Å².